The summed E-state index contributed by atoms with van der Waals surface area (Å²) >= 11 is 0. The van der Waals surface area contributed by atoms with Crippen LogP contribution in [0.15, 0.2) is 23.3 Å². The van der Waals surface area contributed by atoms with E-state index >= 15 is 0 Å². The van der Waals surface area contributed by atoms with Crippen LogP contribution in [-0.4, -0.2) is 37.0 Å². The number of hydrogen-bond donors (Lipinski definition) is 3. The minimum absolute atomic E-state index is 0.0205. The van der Waals surface area contributed by atoms with Crippen LogP contribution in [0.1, 0.15) is 40.0 Å². The fourth-order valence-corrected chi connectivity index (χ4v) is 3.49. The summed E-state index contributed by atoms with van der Waals surface area (Å²) < 4.78 is 38.5. The normalized spacial score (nSPS) is 23.6. The molecule has 0 fully saturated rings. The van der Waals surface area contributed by atoms with E-state index in [0.717, 1.165) is 18.5 Å². The van der Waals surface area contributed by atoms with Gasteiger partial charge in [0.05, 0.1) is 0 Å². The van der Waals surface area contributed by atoms with Gasteiger partial charge in [-0.1, -0.05) is 31.6 Å². The molecule has 0 spiro atoms. The molecule has 1 rings (SSSR count). The zero-order chi connectivity index (χ0) is 18.3. The highest BCUT2D eigenvalue weighted by molar-refractivity contribution is 5.27. The van der Waals surface area contributed by atoms with Crippen LogP contribution in [0.25, 0.3) is 0 Å². The van der Waals surface area contributed by atoms with E-state index in [1.807, 2.05) is 6.92 Å². The van der Waals surface area contributed by atoms with E-state index in [1.165, 1.54) is 5.57 Å². The third-order valence-corrected chi connectivity index (χ3v) is 5.00. The van der Waals surface area contributed by atoms with Gasteiger partial charge in [-0.05, 0) is 43.1 Å². The summed E-state index contributed by atoms with van der Waals surface area (Å²) in [6, 6.07) is -0.445. The third kappa shape index (κ3) is 6.22. The molecule has 0 radical (unpaired) electrons. The lowest BCUT2D eigenvalue weighted by atomic mass is 9.77. The molecule has 4 atom stereocenters. The fourth-order valence-electron chi connectivity index (χ4n) is 3.49. The topological polar surface area (TPSA) is 58.3 Å². The molecule has 3 nitrogen and oxygen atoms in total. The van der Waals surface area contributed by atoms with Crippen molar-refractivity contribution in [2.75, 3.05) is 19.7 Å². The summed E-state index contributed by atoms with van der Waals surface area (Å²) in [7, 11) is 0. The average Bonchev–Trinajstić information content (AvgIpc) is 2.49. The minimum Gasteiger partial charge on any atom is -0.396 e. The highest BCUT2D eigenvalue weighted by Gasteiger charge is 2.36. The molecule has 1 aliphatic heterocycles. The number of nitrogens with one attached hydrogen (secondary N) is 1. The molecule has 4 unspecified atom stereocenters. The van der Waals surface area contributed by atoms with Gasteiger partial charge in [0, 0.05) is 32.2 Å². The van der Waals surface area contributed by atoms with Gasteiger partial charge in [0.1, 0.15) is 0 Å². The first-order valence-corrected chi connectivity index (χ1v) is 8.71. The molecule has 6 heteroatoms. The van der Waals surface area contributed by atoms with Crippen LogP contribution in [-0.2, 0) is 0 Å². The minimum atomic E-state index is -4.21. The summed E-state index contributed by atoms with van der Waals surface area (Å²) in [5.41, 5.74) is 8.66. The van der Waals surface area contributed by atoms with Crippen molar-refractivity contribution in [3.8, 4) is 0 Å². The quantitative estimate of drug-likeness (QED) is 0.589. The van der Waals surface area contributed by atoms with Crippen molar-refractivity contribution in [2.24, 2.45) is 23.5 Å². The van der Waals surface area contributed by atoms with Gasteiger partial charge in [-0.2, -0.15) is 13.2 Å². The molecule has 0 bridgehead atoms. The Bertz CT molecular complexity index is 446. The summed E-state index contributed by atoms with van der Waals surface area (Å²) in [6.07, 6.45) is -0.157. The zero-order valence-electron chi connectivity index (χ0n) is 14.9. The number of nitrogens with two attached hydrogens (primary N) is 1. The van der Waals surface area contributed by atoms with Crippen LogP contribution in [0, 0.1) is 17.8 Å². The lowest BCUT2D eigenvalue weighted by Gasteiger charge is -2.35. The molecule has 1 heterocycles. The van der Waals surface area contributed by atoms with Gasteiger partial charge in [-0.3, -0.25) is 0 Å². The second-order valence-corrected chi connectivity index (χ2v) is 6.78. The third-order valence-electron chi connectivity index (χ3n) is 5.00. The average molecular weight is 348 g/mol. The Kier molecular flexibility index (Phi) is 8.46. The number of aliphatic hydroxyl groups excluding tert-OH is 1. The predicted octanol–water partition coefficient (Wildman–Crippen LogP) is 3.40. The van der Waals surface area contributed by atoms with Crippen LogP contribution in [0.3, 0.4) is 0 Å². The van der Waals surface area contributed by atoms with Gasteiger partial charge in [0.15, 0.2) is 0 Å². The maximum absolute atomic E-state index is 12.8. The number of halogens is 3. The van der Waals surface area contributed by atoms with Crippen LogP contribution in [0.4, 0.5) is 13.2 Å². The smallest absolute Gasteiger partial charge is 0.389 e. The monoisotopic (exact) mass is 348 g/mol. The molecule has 0 aliphatic carbocycles. The molecule has 0 amide bonds. The molecule has 0 saturated carbocycles. The summed E-state index contributed by atoms with van der Waals surface area (Å²) in [5, 5.41) is 12.3. The Morgan fingerprint density at radius 2 is 2.08 bits per heavy atom. The van der Waals surface area contributed by atoms with Crippen LogP contribution >= 0.6 is 0 Å². The van der Waals surface area contributed by atoms with Gasteiger partial charge in [-0.25, -0.2) is 0 Å². The highest BCUT2D eigenvalue weighted by atomic mass is 19.4. The number of rotatable bonds is 8. The van der Waals surface area contributed by atoms with E-state index in [0.29, 0.717) is 18.9 Å². The Balaban J connectivity index is 3.04. The van der Waals surface area contributed by atoms with Gasteiger partial charge >= 0.3 is 6.18 Å². The lowest BCUT2D eigenvalue weighted by molar-refractivity contribution is -0.146. The summed E-state index contributed by atoms with van der Waals surface area (Å²) in [4.78, 5) is 0. The Hall–Kier alpha value is -0.850. The lowest BCUT2D eigenvalue weighted by Crippen LogP contribution is -2.43. The van der Waals surface area contributed by atoms with Crippen LogP contribution < -0.4 is 11.1 Å². The Morgan fingerprint density at radius 1 is 1.42 bits per heavy atom. The fraction of sp³-hybridized carbons (Fsp3) is 0.778. The first-order chi connectivity index (χ1) is 11.2. The van der Waals surface area contributed by atoms with Crippen LogP contribution in [0.5, 0.6) is 0 Å². The molecule has 24 heavy (non-hydrogen) atoms. The first kappa shape index (κ1) is 21.2. The van der Waals surface area contributed by atoms with Crippen molar-refractivity contribution in [3.05, 3.63) is 23.3 Å². The standard InChI is InChI=1S/C18H31F3N2O/c1-4-14-10-23-11-16(13(14)3)17(22)15(7-5-6-8-24)12(2)9-18(19,20)21/h5,7,12,14-15,17,23-24H,4,6,8-11,22H2,1-3H3/b7-5-. The maximum Gasteiger partial charge on any atom is 0.389 e. The zero-order valence-corrected chi connectivity index (χ0v) is 14.9. The SMILES string of the molecule is CCC1CNCC(C(N)C(/C=C\CCO)C(C)CC(F)(F)F)=C1C. The van der Waals surface area contributed by atoms with E-state index in [9.17, 15) is 13.2 Å². The van der Waals surface area contributed by atoms with Crippen molar-refractivity contribution in [2.45, 2.75) is 52.3 Å². The molecule has 0 aromatic heterocycles. The molecule has 1 aliphatic rings. The molecular formula is C18H31F3N2O. The van der Waals surface area contributed by atoms with E-state index < -0.39 is 30.5 Å². The van der Waals surface area contributed by atoms with E-state index in [-0.39, 0.29) is 6.61 Å². The van der Waals surface area contributed by atoms with Gasteiger partial charge < -0.3 is 16.2 Å². The van der Waals surface area contributed by atoms with Gasteiger partial charge in [0.25, 0.3) is 0 Å². The van der Waals surface area contributed by atoms with Crippen molar-refractivity contribution in [1.29, 1.82) is 0 Å². The highest BCUT2D eigenvalue weighted by Crippen LogP contribution is 2.34. The summed E-state index contributed by atoms with van der Waals surface area (Å²) in [5.74, 6) is -0.627. The first-order valence-electron chi connectivity index (χ1n) is 8.71. The Morgan fingerprint density at radius 3 is 2.62 bits per heavy atom. The predicted molar refractivity (Wildman–Crippen MR) is 91.5 cm³/mol. The molecule has 140 valence electrons. The molecule has 0 aromatic rings. The molecular weight excluding hydrogens is 317 g/mol. The largest absolute Gasteiger partial charge is 0.396 e. The summed E-state index contributed by atoms with van der Waals surface area (Å²) in [6.45, 7) is 7.26. The van der Waals surface area contributed by atoms with E-state index in [1.54, 1.807) is 19.1 Å². The van der Waals surface area contributed by atoms with Crippen LogP contribution in [0.2, 0.25) is 0 Å². The van der Waals surface area contributed by atoms with Gasteiger partial charge in [-0.15, -0.1) is 0 Å². The van der Waals surface area contributed by atoms with Gasteiger partial charge in [0.2, 0.25) is 0 Å². The second kappa shape index (κ2) is 9.59. The second-order valence-electron chi connectivity index (χ2n) is 6.78. The maximum atomic E-state index is 12.8. The molecule has 4 N–H and O–H groups in total. The molecule has 0 aromatic carbocycles. The Labute approximate surface area is 143 Å². The van der Waals surface area contributed by atoms with Crippen molar-refractivity contribution < 1.29 is 18.3 Å². The number of hydrogen-bond acceptors (Lipinski definition) is 3. The number of alkyl halides is 3. The number of aliphatic hydroxyl groups is 1. The van der Waals surface area contributed by atoms with Crippen molar-refractivity contribution in [1.82, 2.24) is 5.32 Å². The molecule has 0 saturated heterocycles. The van der Waals surface area contributed by atoms with Crippen molar-refractivity contribution >= 4 is 0 Å². The van der Waals surface area contributed by atoms with Crippen molar-refractivity contribution in [3.63, 3.8) is 0 Å². The van der Waals surface area contributed by atoms with E-state index in [2.05, 4.69) is 12.2 Å². The van der Waals surface area contributed by atoms with E-state index in [4.69, 9.17) is 10.8 Å².